The average Bonchev–Trinajstić information content (AvgIpc) is 2.97. The van der Waals surface area contributed by atoms with Crippen LogP contribution in [0.1, 0.15) is 5.56 Å². The lowest BCUT2D eigenvalue weighted by molar-refractivity contribution is -0.119. The van der Waals surface area contributed by atoms with Crippen molar-refractivity contribution in [1.82, 2.24) is 10.4 Å². The topological polar surface area (TPSA) is 69.3 Å². The molecule has 0 radical (unpaired) electrons. The first kappa shape index (κ1) is 16.7. The first-order valence-corrected chi connectivity index (χ1v) is 8.79. The Kier molecular flexibility index (Phi) is 5.32. The van der Waals surface area contributed by atoms with Crippen LogP contribution in [0.3, 0.4) is 0 Å². The quantitative estimate of drug-likeness (QED) is 0.402. The summed E-state index contributed by atoms with van der Waals surface area (Å²) in [4.78, 5) is 15.0. The lowest BCUT2D eigenvalue weighted by Gasteiger charge is -2.07. The zero-order valence-electron chi connectivity index (χ0n) is 12.5. The minimum Gasteiger partial charge on any atom is -0.375 e. The number of hydrogen-bond acceptors (Lipinski definition) is 3. The Morgan fingerprint density at radius 3 is 2.88 bits per heavy atom. The number of benzene rings is 2. The lowest BCUT2D eigenvalue weighted by Crippen LogP contribution is -2.25. The second kappa shape index (κ2) is 7.63. The van der Waals surface area contributed by atoms with Crippen LogP contribution in [-0.4, -0.2) is 23.7 Å². The van der Waals surface area contributed by atoms with Gasteiger partial charge in [-0.05, 0) is 40.2 Å². The maximum absolute atomic E-state index is 11.9. The first-order valence-electron chi connectivity index (χ1n) is 7.20. The molecule has 0 saturated heterocycles. The summed E-state index contributed by atoms with van der Waals surface area (Å²) >= 11 is 6.83. The van der Waals surface area contributed by atoms with Crippen molar-refractivity contribution >= 4 is 60.6 Å². The Balaban J connectivity index is 1.55. The van der Waals surface area contributed by atoms with E-state index in [-0.39, 0.29) is 12.5 Å². The Labute approximate surface area is 155 Å². The molecular formula is C17H14Br2N4O. The van der Waals surface area contributed by atoms with E-state index >= 15 is 0 Å². The number of hydrogen-bond donors (Lipinski definition) is 3. The van der Waals surface area contributed by atoms with E-state index in [0.717, 1.165) is 31.1 Å². The molecule has 1 amide bonds. The maximum Gasteiger partial charge on any atom is 0.259 e. The Morgan fingerprint density at radius 2 is 2.04 bits per heavy atom. The van der Waals surface area contributed by atoms with Crippen molar-refractivity contribution in [1.29, 1.82) is 0 Å². The van der Waals surface area contributed by atoms with Crippen molar-refractivity contribution in [3.05, 3.63) is 63.2 Å². The number of hydrazone groups is 1. The van der Waals surface area contributed by atoms with Gasteiger partial charge in [0.1, 0.15) is 0 Å². The van der Waals surface area contributed by atoms with E-state index in [9.17, 15) is 4.79 Å². The summed E-state index contributed by atoms with van der Waals surface area (Å²) in [6.07, 6.45) is 3.49. The van der Waals surface area contributed by atoms with Gasteiger partial charge in [0.25, 0.3) is 5.91 Å². The van der Waals surface area contributed by atoms with Gasteiger partial charge in [0, 0.05) is 37.3 Å². The van der Waals surface area contributed by atoms with Crippen molar-refractivity contribution < 1.29 is 4.79 Å². The number of amides is 1. The fraction of sp³-hybridized carbons (Fsp3) is 0.0588. The number of nitrogens with zero attached hydrogens (tertiary/aromatic N) is 1. The molecule has 3 rings (SSSR count). The molecule has 0 spiro atoms. The molecule has 3 N–H and O–H groups in total. The van der Waals surface area contributed by atoms with E-state index in [1.165, 1.54) is 0 Å². The summed E-state index contributed by atoms with van der Waals surface area (Å²) in [5.74, 6) is -0.221. The van der Waals surface area contributed by atoms with Crippen LogP contribution in [-0.2, 0) is 4.79 Å². The molecule has 0 unspecified atom stereocenters. The normalized spacial score (nSPS) is 11.1. The summed E-state index contributed by atoms with van der Waals surface area (Å²) < 4.78 is 1.85. The van der Waals surface area contributed by atoms with Gasteiger partial charge in [-0.3, -0.25) is 4.79 Å². The van der Waals surface area contributed by atoms with Gasteiger partial charge in [0.15, 0.2) is 0 Å². The van der Waals surface area contributed by atoms with Crippen molar-refractivity contribution in [2.45, 2.75) is 0 Å². The standard InChI is InChI=1S/C17H14Br2N4O/c18-12-5-6-16(14(19)7-12)21-10-17(24)23-22-9-11-8-20-15-4-2-1-3-13(11)15/h1-9,20-21H,10H2,(H,23,24)/b22-9-. The SMILES string of the molecule is O=C(CNc1ccc(Br)cc1Br)N/N=C\c1c[nH]c2ccccc12. The second-order valence-corrected chi connectivity index (χ2v) is 6.83. The summed E-state index contributed by atoms with van der Waals surface area (Å²) in [7, 11) is 0. The van der Waals surface area contributed by atoms with E-state index < -0.39 is 0 Å². The highest BCUT2D eigenvalue weighted by Gasteiger charge is 2.04. The smallest absolute Gasteiger partial charge is 0.259 e. The van der Waals surface area contributed by atoms with Crippen LogP contribution in [0, 0.1) is 0 Å². The minimum atomic E-state index is -0.221. The molecular weight excluding hydrogens is 436 g/mol. The van der Waals surface area contributed by atoms with Crippen molar-refractivity contribution in [3.8, 4) is 0 Å². The predicted octanol–water partition coefficient (Wildman–Crippen LogP) is 4.26. The second-order valence-electron chi connectivity index (χ2n) is 5.06. The molecule has 0 saturated carbocycles. The summed E-state index contributed by atoms with van der Waals surface area (Å²) in [5.41, 5.74) is 5.32. The summed E-state index contributed by atoms with van der Waals surface area (Å²) in [6.45, 7) is 0.130. The van der Waals surface area contributed by atoms with E-state index in [0.29, 0.717) is 0 Å². The number of carbonyl (C=O) groups excluding carboxylic acids is 1. The number of aromatic amines is 1. The molecule has 0 bridgehead atoms. The number of rotatable bonds is 5. The van der Waals surface area contributed by atoms with E-state index in [4.69, 9.17) is 0 Å². The van der Waals surface area contributed by atoms with E-state index in [2.05, 4.69) is 52.7 Å². The molecule has 122 valence electrons. The first-order chi connectivity index (χ1) is 11.6. The molecule has 0 atom stereocenters. The van der Waals surface area contributed by atoms with Crippen LogP contribution < -0.4 is 10.7 Å². The fourth-order valence-corrected chi connectivity index (χ4v) is 3.41. The molecule has 7 heteroatoms. The van der Waals surface area contributed by atoms with Crippen molar-refractivity contribution in [2.75, 3.05) is 11.9 Å². The summed E-state index contributed by atoms with van der Waals surface area (Å²) in [6, 6.07) is 13.6. The van der Waals surface area contributed by atoms with Crippen LogP contribution in [0.25, 0.3) is 10.9 Å². The average molecular weight is 450 g/mol. The van der Waals surface area contributed by atoms with E-state index in [1.54, 1.807) is 6.21 Å². The molecule has 24 heavy (non-hydrogen) atoms. The van der Waals surface area contributed by atoms with Gasteiger partial charge in [-0.25, -0.2) is 5.43 Å². The number of carbonyl (C=O) groups is 1. The van der Waals surface area contributed by atoms with Gasteiger partial charge < -0.3 is 10.3 Å². The van der Waals surface area contributed by atoms with Crippen LogP contribution in [0.15, 0.2) is 62.7 Å². The van der Waals surface area contributed by atoms with Gasteiger partial charge in [-0.1, -0.05) is 34.1 Å². The van der Waals surface area contributed by atoms with Crippen LogP contribution in [0.4, 0.5) is 5.69 Å². The Bertz CT molecular complexity index is 904. The van der Waals surface area contributed by atoms with Crippen LogP contribution in [0.2, 0.25) is 0 Å². The van der Waals surface area contributed by atoms with Gasteiger partial charge >= 0.3 is 0 Å². The molecule has 2 aromatic carbocycles. The fourth-order valence-electron chi connectivity index (χ4n) is 2.22. The highest BCUT2D eigenvalue weighted by Crippen LogP contribution is 2.25. The Hall–Kier alpha value is -2.12. The van der Waals surface area contributed by atoms with Crippen LogP contribution >= 0.6 is 31.9 Å². The predicted molar refractivity (Wildman–Crippen MR) is 104 cm³/mol. The molecule has 1 aromatic heterocycles. The van der Waals surface area contributed by atoms with Gasteiger partial charge in [-0.15, -0.1) is 0 Å². The highest BCUT2D eigenvalue weighted by molar-refractivity contribution is 9.11. The van der Waals surface area contributed by atoms with Crippen LogP contribution in [0.5, 0.6) is 0 Å². The third-order valence-electron chi connectivity index (χ3n) is 3.38. The molecule has 5 nitrogen and oxygen atoms in total. The number of fused-ring (bicyclic) bond motifs is 1. The molecule has 0 aliphatic rings. The largest absolute Gasteiger partial charge is 0.375 e. The van der Waals surface area contributed by atoms with Crippen molar-refractivity contribution in [3.63, 3.8) is 0 Å². The molecule has 0 fully saturated rings. The lowest BCUT2D eigenvalue weighted by atomic mass is 10.2. The zero-order chi connectivity index (χ0) is 16.9. The number of nitrogens with one attached hydrogen (secondary N) is 3. The number of halogens is 2. The molecule has 0 aliphatic heterocycles. The summed E-state index contributed by atoms with van der Waals surface area (Å²) in [5, 5.41) is 8.12. The highest BCUT2D eigenvalue weighted by atomic mass is 79.9. The van der Waals surface area contributed by atoms with E-state index in [1.807, 2.05) is 48.7 Å². The maximum atomic E-state index is 11.9. The zero-order valence-corrected chi connectivity index (χ0v) is 15.7. The number of H-pyrrole nitrogens is 1. The third-order valence-corrected chi connectivity index (χ3v) is 4.53. The molecule has 3 aromatic rings. The molecule has 0 aliphatic carbocycles. The van der Waals surface area contributed by atoms with Gasteiger partial charge in [-0.2, -0.15) is 5.10 Å². The third kappa shape index (κ3) is 4.04. The minimum absolute atomic E-state index is 0.130. The Morgan fingerprint density at radius 1 is 1.21 bits per heavy atom. The number of anilines is 1. The van der Waals surface area contributed by atoms with Gasteiger partial charge in [0.05, 0.1) is 12.8 Å². The number of para-hydroxylation sites is 1. The molecule has 1 heterocycles. The number of aromatic nitrogens is 1. The van der Waals surface area contributed by atoms with Crippen molar-refractivity contribution in [2.24, 2.45) is 5.10 Å². The monoisotopic (exact) mass is 448 g/mol. The van der Waals surface area contributed by atoms with Gasteiger partial charge in [0.2, 0.25) is 0 Å².